The van der Waals surface area contributed by atoms with Crippen LogP contribution in [0.5, 0.6) is 5.75 Å². The predicted octanol–water partition coefficient (Wildman–Crippen LogP) is 2.36. The van der Waals surface area contributed by atoms with Gasteiger partial charge in [-0.2, -0.15) is 0 Å². The van der Waals surface area contributed by atoms with Crippen LogP contribution in [-0.4, -0.2) is 24.5 Å². The van der Waals surface area contributed by atoms with Crippen molar-refractivity contribution in [2.45, 2.75) is 19.8 Å². The van der Waals surface area contributed by atoms with Gasteiger partial charge in [0.15, 0.2) is 0 Å². The van der Waals surface area contributed by atoms with Gasteiger partial charge in [-0.3, -0.25) is 4.79 Å². The van der Waals surface area contributed by atoms with E-state index in [4.69, 9.17) is 4.74 Å². The molecule has 0 aliphatic rings. The lowest BCUT2D eigenvalue weighted by atomic mass is 10.1. The third-order valence-electron chi connectivity index (χ3n) is 2.89. The van der Waals surface area contributed by atoms with Gasteiger partial charge < -0.3 is 10.1 Å². The molecule has 4 nitrogen and oxygen atoms in total. The number of thiazole rings is 1. The number of hydrogen-bond donors (Lipinski definition) is 1. The van der Waals surface area contributed by atoms with E-state index in [1.54, 1.807) is 18.4 Å². The van der Waals surface area contributed by atoms with Gasteiger partial charge in [0.05, 0.1) is 24.2 Å². The maximum atomic E-state index is 11.8. The molecule has 2 aromatic rings. The number of aryl methyl sites for hydroxylation is 1. The first-order valence-corrected chi connectivity index (χ1v) is 7.36. The summed E-state index contributed by atoms with van der Waals surface area (Å²) in [6.07, 6.45) is 1.17. The minimum Gasteiger partial charge on any atom is -0.497 e. The summed E-state index contributed by atoms with van der Waals surface area (Å²) in [7, 11) is 1.63. The molecule has 0 atom stereocenters. The summed E-state index contributed by atoms with van der Waals surface area (Å²) in [5, 5.41) is 6.00. The van der Waals surface area contributed by atoms with Crippen LogP contribution in [0.15, 0.2) is 29.6 Å². The van der Waals surface area contributed by atoms with Gasteiger partial charge in [0.25, 0.3) is 0 Å². The van der Waals surface area contributed by atoms with Gasteiger partial charge in [-0.25, -0.2) is 4.98 Å². The number of rotatable bonds is 6. The summed E-state index contributed by atoms with van der Waals surface area (Å²) in [5.74, 6) is 0.829. The van der Waals surface area contributed by atoms with E-state index in [-0.39, 0.29) is 5.91 Å². The smallest absolute Gasteiger partial charge is 0.224 e. The molecule has 0 bridgehead atoms. The first kappa shape index (κ1) is 14.5. The third-order valence-corrected chi connectivity index (χ3v) is 3.72. The Hall–Kier alpha value is -1.88. The topological polar surface area (TPSA) is 51.2 Å². The van der Waals surface area contributed by atoms with Crippen LogP contribution in [0.25, 0.3) is 0 Å². The number of hydrogen-bond acceptors (Lipinski definition) is 4. The van der Waals surface area contributed by atoms with Crippen molar-refractivity contribution in [3.63, 3.8) is 0 Å². The molecule has 0 radical (unpaired) electrons. The van der Waals surface area contributed by atoms with E-state index < -0.39 is 0 Å². The molecular formula is C15H18N2O2S. The molecule has 1 aromatic carbocycles. The van der Waals surface area contributed by atoms with Gasteiger partial charge in [0, 0.05) is 18.3 Å². The molecule has 0 saturated carbocycles. The molecule has 106 valence electrons. The monoisotopic (exact) mass is 290 g/mol. The fraction of sp³-hybridized carbons (Fsp3) is 0.333. The summed E-state index contributed by atoms with van der Waals surface area (Å²) in [5.41, 5.74) is 2.02. The summed E-state index contributed by atoms with van der Waals surface area (Å²) in [6, 6.07) is 7.53. The van der Waals surface area contributed by atoms with Crippen LogP contribution in [0.4, 0.5) is 0 Å². The number of nitrogens with one attached hydrogen (secondary N) is 1. The second kappa shape index (κ2) is 7.05. The highest BCUT2D eigenvalue weighted by Crippen LogP contribution is 2.11. The van der Waals surface area contributed by atoms with Crippen LogP contribution in [0, 0.1) is 6.92 Å². The number of carbonyl (C=O) groups excluding carboxylic acids is 1. The predicted molar refractivity (Wildman–Crippen MR) is 80.3 cm³/mol. The van der Waals surface area contributed by atoms with Crippen LogP contribution >= 0.6 is 11.3 Å². The Morgan fingerprint density at radius 1 is 1.35 bits per heavy atom. The minimum absolute atomic E-state index is 0.0297. The second-order valence-electron chi connectivity index (χ2n) is 4.48. The first-order chi connectivity index (χ1) is 9.67. The van der Waals surface area contributed by atoms with Gasteiger partial charge in [0.1, 0.15) is 5.75 Å². The van der Waals surface area contributed by atoms with E-state index >= 15 is 0 Å². The largest absolute Gasteiger partial charge is 0.497 e. The molecule has 1 heterocycles. The van der Waals surface area contributed by atoms with E-state index in [2.05, 4.69) is 10.3 Å². The van der Waals surface area contributed by atoms with Crippen molar-refractivity contribution in [1.29, 1.82) is 0 Å². The van der Waals surface area contributed by atoms with Crippen molar-refractivity contribution in [2.75, 3.05) is 13.7 Å². The van der Waals surface area contributed by atoms with Crippen LogP contribution in [-0.2, 0) is 17.6 Å². The molecule has 2 rings (SSSR count). The molecule has 0 aliphatic carbocycles. The van der Waals surface area contributed by atoms with Gasteiger partial charge in [-0.15, -0.1) is 11.3 Å². The lowest BCUT2D eigenvalue weighted by Gasteiger charge is -2.05. The number of benzene rings is 1. The number of aromatic nitrogens is 1. The Labute approximate surface area is 122 Å². The molecule has 0 saturated heterocycles. The number of amides is 1. The maximum absolute atomic E-state index is 11.8. The van der Waals surface area contributed by atoms with Gasteiger partial charge in [0.2, 0.25) is 5.91 Å². The minimum atomic E-state index is 0.0297. The van der Waals surface area contributed by atoms with E-state index in [9.17, 15) is 4.79 Å². The molecular weight excluding hydrogens is 272 g/mol. The summed E-state index contributed by atoms with van der Waals surface area (Å²) in [4.78, 5) is 16.2. The quantitative estimate of drug-likeness (QED) is 0.888. The van der Waals surface area contributed by atoms with Gasteiger partial charge >= 0.3 is 0 Å². The second-order valence-corrected chi connectivity index (χ2v) is 5.54. The number of carbonyl (C=O) groups is 1. The summed E-state index contributed by atoms with van der Waals surface area (Å²) < 4.78 is 5.08. The molecule has 0 fully saturated rings. The van der Waals surface area contributed by atoms with Crippen molar-refractivity contribution < 1.29 is 9.53 Å². The zero-order chi connectivity index (χ0) is 14.4. The molecule has 0 unspecified atom stereocenters. The zero-order valence-electron chi connectivity index (χ0n) is 11.7. The van der Waals surface area contributed by atoms with Gasteiger partial charge in [-0.1, -0.05) is 12.1 Å². The van der Waals surface area contributed by atoms with Crippen molar-refractivity contribution in [2.24, 2.45) is 0 Å². The van der Waals surface area contributed by atoms with Crippen molar-refractivity contribution in [1.82, 2.24) is 10.3 Å². The van der Waals surface area contributed by atoms with Crippen LogP contribution in [0.1, 0.15) is 16.3 Å². The van der Waals surface area contributed by atoms with Crippen molar-refractivity contribution in [3.8, 4) is 5.75 Å². The van der Waals surface area contributed by atoms with Crippen molar-refractivity contribution >= 4 is 17.2 Å². The molecule has 1 N–H and O–H groups in total. The first-order valence-electron chi connectivity index (χ1n) is 6.48. The Kier molecular flexibility index (Phi) is 5.12. The highest BCUT2D eigenvalue weighted by molar-refractivity contribution is 7.09. The molecule has 5 heteroatoms. The highest BCUT2D eigenvalue weighted by Gasteiger charge is 2.04. The van der Waals surface area contributed by atoms with Crippen LogP contribution < -0.4 is 10.1 Å². The van der Waals surface area contributed by atoms with Crippen molar-refractivity contribution in [3.05, 3.63) is 45.9 Å². The number of ether oxygens (including phenoxy) is 1. The fourth-order valence-corrected chi connectivity index (χ4v) is 2.49. The van der Waals surface area contributed by atoms with Crippen LogP contribution in [0.2, 0.25) is 0 Å². The normalized spacial score (nSPS) is 10.3. The molecule has 20 heavy (non-hydrogen) atoms. The molecule has 0 spiro atoms. The molecule has 0 aliphatic heterocycles. The maximum Gasteiger partial charge on any atom is 0.224 e. The van der Waals surface area contributed by atoms with Gasteiger partial charge in [-0.05, 0) is 24.6 Å². The Morgan fingerprint density at radius 2 is 2.10 bits per heavy atom. The zero-order valence-corrected chi connectivity index (χ0v) is 12.5. The van der Waals surface area contributed by atoms with E-state index in [1.807, 2.05) is 36.6 Å². The standard InChI is InChI=1S/C15H18N2O2S/c1-11-17-13(10-20-11)7-8-16-15(18)9-12-3-5-14(19-2)6-4-12/h3-6,10H,7-9H2,1-2H3,(H,16,18). The Bertz CT molecular complexity index is 564. The average molecular weight is 290 g/mol. The Morgan fingerprint density at radius 3 is 2.70 bits per heavy atom. The number of methoxy groups -OCH3 is 1. The average Bonchev–Trinajstić information content (AvgIpc) is 2.85. The van der Waals surface area contributed by atoms with E-state index in [0.29, 0.717) is 13.0 Å². The van der Waals surface area contributed by atoms with E-state index in [1.165, 1.54) is 0 Å². The lowest BCUT2D eigenvalue weighted by molar-refractivity contribution is -0.120. The fourth-order valence-electron chi connectivity index (χ4n) is 1.84. The lowest BCUT2D eigenvalue weighted by Crippen LogP contribution is -2.27. The molecule has 1 aromatic heterocycles. The summed E-state index contributed by atoms with van der Waals surface area (Å²) in [6.45, 7) is 2.61. The van der Waals surface area contributed by atoms with E-state index in [0.717, 1.165) is 28.4 Å². The SMILES string of the molecule is COc1ccc(CC(=O)NCCc2csc(C)n2)cc1. The van der Waals surface area contributed by atoms with Crippen LogP contribution in [0.3, 0.4) is 0 Å². The third kappa shape index (κ3) is 4.35. The summed E-state index contributed by atoms with van der Waals surface area (Å²) >= 11 is 1.63. The highest BCUT2D eigenvalue weighted by atomic mass is 32.1. The molecule has 1 amide bonds. The number of nitrogens with zero attached hydrogens (tertiary/aromatic N) is 1. The Balaban J connectivity index is 1.74.